The number of aromatic nitrogens is 3. The van der Waals surface area contributed by atoms with Crippen molar-refractivity contribution in [3.8, 4) is 0 Å². The van der Waals surface area contributed by atoms with Crippen molar-refractivity contribution in [2.75, 3.05) is 0 Å². The molecule has 3 nitrogen and oxygen atoms in total. The second-order valence-corrected chi connectivity index (χ2v) is 6.96. The molecule has 124 valence electrons. The number of imidazole rings is 1. The molecular weight excluding hydrogens is 326 g/mol. The number of hydrogen-bond donors (Lipinski definition) is 0. The summed E-state index contributed by atoms with van der Waals surface area (Å²) in [6, 6.07) is 25.1. The van der Waals surface area contributed by atoms with E-state index in [1.807, 2.05) is 28.9 Å². The van der Waals surface area contributed by atoms with Gasteiger partial charge in [-0.05, 0) is 36.1 Å². The lowest BCUT2D eigenvalue weighted by Gasteiger charge is -2.01. The van der Waals surface area contributed by atoms with Gasteiger partial charge in [0, 0.05) is 5.75 Å². The van der Waals surface area contributed by atoms with Crippen molar-refractivity contribution in [3.63, 3.8) is 0 Å². The van der Waals surface area contributed by atoms with Crippen LogP contribution in [0.1, 0.15) is 16.8 Å². The van der Waals surface area contributed by atoms with Crippen LogP contribution < -0.4 is 0 Å². The van der Waals surface area contributed by atoms with Gasteiger partial charge in [0.2, 0.25) is 0 Å². The summed E-state index contributed by atoms with van der Waals surface area (Å²) in [5.41, 5.74) is 4.64. The Bertz CT molecular complexity index is 907. The summed E-state index contributed by atoms with van der Waals surface area (Å²) in [5.74, 6) is 0.926. The van der Waals surface area contributed by atoms with E-state index in [9.17, 15) is 0 Å². The molecule has 0 aliphatic carbocycles. The van der Waals surface area contributed by atoms with Crippen LogP contribution in [0.4, 0.5) is 0 Å². The Balaban J connectivity index is 1.44. The van der Waals surface area contributed by atoms with Crippen molar-refractivity contribution < 1.29 is 0 Å². The molecule has 0 aliphatic rings. The van der Waals surface area contributed by atoms with Crippen LogP contribution in [-0.2, 0) is 18.6 Å². The first-order valence-electron chi connectivity index (χ1n) is 8.43. The highest BCUT2D eigenvalue weighted by molar-refractivity contribution is 7.98. The van der Waals surface area contributed by atoms with Crippen LogP contribution in [0.25, 0.3) is 5.65 Å². The molecule has 0 bridgehead atoms. The predicted octanol–water partition coefficient (Wildman–Crippen LogP) is 4.81. The quantitative estimate of drug-likeness (QED) is 0.470. The minimum absolute atomic E-state index is 0.909. The van der Waals surface area contributed by atoms with E-state index in [1.54, 1.807) is 11.8 Å². The topological polar surface area (TPSA) is 30.2 Å². The molecule has 0 spiro atoms. The zero-order valence-corrected chi connectivity index (χ0v) is 14.7. The van der Waals surface area contributed by atoms with Crippen molar-refractivity contribution in [1.29, 1.82) is 0 Å². The highest BCUT2D eigenvalue weighted by Crippen LogP contribution is 2.21. The molecule has 25 heavy (non-hydrogen) atoms. The zero-order chi connectivity index (χ0) is 16.9. The molecule has 2 aromatic carbocycles. The first kappa shape index (κ1) is 15.9. The number of hydrogen-bond acceptors (Lipinski definition) is 3. The van der Waals surface area contributed by atoms with Gasteiger partial charge in [-0.2, -0.15) is 5.10 Å². The second kappa shape index (κ2) is 7.53. The third-order valence-corrected chi connectivity index (χ3v) is 5.08. The number of aryl methyl sites for hydroxylation is 2. The molecule has 2 heterocycles. The lowest BCUT2D eigenvalue weighted by Crippen LogP contribution is -1.92. The van der Waals surface area contributed by atoms with Gasteiger partial charge in [0.25, 0.3) is 0 Å². The molecule has 0 saturated heterocycles. The first-order valence-corrected chi connectivity index (χ1v) is 9.41. The molecule has 0 saturated carbocycles. The van der Waals surface area contributed by atoms with Crippen LogP contribution in [0.15, 0.2) is 84.0 Å². The maximum absolute atomic E-state index is 4.68. The van der Waals surface area contributed by atoms with Gasteiger partial charge in [0.1, 0.15) is 5.03 Å². The van der Waals surface area contributed by atoms with Crippen molar-refractivity contribution in [1.82, 2.24) is 14.6 Å². The Morgan fingerprint density at radius 2 is 1.48 bits per heavy atom. The molecule has 4 aromatic rings. The van der Waals surface area contributed by atoms with Crippen molar-refractivity contribution in [3.05, 3.63) is 95.8 Å². The van der Waals surface area contributed by atoms with E-state index in [-0.39, 0.29) is 0 Å². The second-order valence-electron chi connectivity index (χ2n) is 5.97. The Morgan fingerprint density at radius 1 is 0.760 bits per heavy atom. The minimum Gasteiger partial charge on any atom is -0.232 e. The predicted molar refractivity (Wildman–Crippen MR) is 103 cm³/mol. The molecule has 4 heteroatoms. The number of nitrogens with zero attached hydrogens (tertiary/aromatic N) is 3. The Kier molecular flexibility index (Phi) is 4.79. The smallest absolute Gasteiger partial charge is 0.153 e. The standard InChI is InChI=1S/C21H19N3S/c1-3-7-17(8-4-1)11-12-19-15-24-20(22-19)13-14-21(23-24)25-16-18-9-5-2-6-10-18/h1-10,13-15H,11-12,16H2. The van der Waals surface area contributed by atoms with E-state index < -0.39 is 0 Å². The summed E-state index contributed by atoms with van der Waals surface area (Å²) in [6.45, 7) is 0. The van der Waals surface area contributed by atoms with E-state index in [2.05, 4.69) is 64.7 Å². The van der Waals surface area contributed by atoms with E-state index in [4.69, 9.17) is 0 Å². The van der Waals surface area contributed by atoms with Gasteiger partial charge in [-0.15, -0.1) is 0 Å². The molecule has 0 amide bonds. The molecule has 0 aliphatic heterocycles. The Labute approximate surface area is 151 Å². The summed E-state index contributed by atoms with van der Waals surface area (Å²) in [4.78, 5) is 4.68. The molecule has 0 unspecified atom stereocenters. The number of thioether (sulfide) groups is 1. The van der Waals surface area contributed by atoms with E-state index >= 15 is 0 Å². The van der Waals surface area contributed by atoms with E-state index in [1.165, 1.54) is 11.1 Å². The van der Waals surface area contributed by atoms with Crippen LogP contribution >= 0.6 is 11.8 Å². The molecule has 4 rings (SSSR count). The van der Waals surface area contributed by atoms with Gasteiger partial charge in [-0.25, -0.2) is 9.50 Å². The third kappa shape index (κ3) is 4.09. The maximum Gasteiger partial charge on any atom is 0.153 e. The van der Waals surface area contributed by atoms with Crippen molar-refractivity contribution in [2.24, 2.45) is 0 Å². The van der Waals surface area contributed by atoms with Gasteiger partial charge >= 0.3 is 0 Å². The average molecular weight is 345 g/mol. The maximum atomic E-state index is 4.68. The monoisotopic (exact) mass is 345 g/mol. The van der Waals surface area contributed by atoms with E-state index in [0.717, 1.165) is 35.0 Å². The Hall–Kier alpha value is -2.59. The molecule has 2 aromatic heterocycles. The zero-order valence-electron chi connectivity index (χ0n) is 13.9. The molecule has 0 atom stereocenters. The fourth-order valence-electron chi connectivity index (χ4n) is 2.76. The fourth-order valence-corrected chi connectivity index (χ4v) is 3.58. The highest BCUT2D eigenvalue weighted by Gasteiger charge is 2.05. The lowest BCUT2D eigenvalue weighted by molar-refractivity contribution is 0.853. The van der Waals surface area contributed by atoms with Crippen LogP contribution in [0.3, 0.4) is 0 Å². The van der Waals surface area contributed by atoms with Crippen LogP contribution in [-0.4, -0.2) is 14.6 Å². The fraction of sp³-hybridized carbons (Fsp3) is 0.143. The van der Waals surface area contributed by atoms with Crippen LogP contribution in [0, 0.1) is 0 Å². The molecular formula is C21H19N3S. The molecule has 0 N–H and O–H groups in total. The minimum atomic E-state index is 0.909. The summed E-state index contributed by atoms with van der Waals surface area (Å²) in [7, 11) is 0. The summed E-state index contributed by atoms with van der Waals surface area (Å²) in [5, 5.41) is 5.70. The summed E-state index contributed by atoms with van der Waals surface area (Å²) in [6.07, 6.45) is 3.98. The normalized spacial score (nSPS) is 11.0. The highest BCUT2D eigenvalue weighted by atomic mass is 32.2. The van der Waals surface area contributed by atoms with Crippen molar-refractivity contribution in [2.45, 2.75) is 23.6 Å². The average Bonchev–Trinajstić information content (AvgIpc) is 3.08. The lowest BCUT2D eigenvalue weighted by atomic mass is 10.1. The Morgan fingerprint density at radius 3 is 2.24 bits per heavy atom. The van der Waals surface area contributed by atoms with Crippen molar-refractivity contribution >= 4 is 17.4 Å². The van der Waals surface area contributed by atoms with Crippen LogP contribution in [0.5, 0.6) is 0 Å². The van der Waals surface area contributed by atoms with Gasteiger partial charge in [0.05, 0.1) is 11.9 Å². The molecule has 0 fully saturated rings. The van der Waals surface area contributed by atoms with Gasteiger partial charge < -0.3 is 0 Å². The largest absolute Gasteiger partial charge is 0.232 e. The van der Waals surface area contributed by atoms with Gasteiger partial charge in [-0.1, -0.05) is 72.4 Å². The molecule has 0 radical (unpaired) electrons. The number of benzene rings is 2. The first-order chi connectivity index (χ1) is 12.4. The summed E-state index contributed by atoms with van der Waals surface area (Å²) >= 11 is 1.75. The third-order valence-electron chi connectivity index (χ3n) is 4.09. The van der Waals surface area contributed by atoms with Gasteiger partial charge in [-0.3, -0.25) is 0 Å². The van der Waals surface area contributed by atoms with E-state index in [0.29, 0.717) is 0 Å². The van der Waals surface area contributed by atoms with Gasteiger partial charge in [0.15, 0.2) is 5.65 Å². The number of rotatable bonds is 6. The SMILES string of the molecule is c1ccc(CCc2cn3nc(SCc4ccccc4)ccc3n2)cc1. The summed E-state index contributed by atoms with van der Waals surface area (Å²) < 4.78 is 1.90. The number of fused-ring (bicyclic) bond motifs is 1. The van der Waals surface area contributed by atoms with Crippen LogP contribution in [0.2, 0.25) is 0 Å².